The number of rotatable bonds is 7. The molecule has 1 aromatic rings. The standard InChI is InChI=1S/C13H22N2OS/c1-10(2)16-12-7-4-6-11(13(12)14)15-8-5-9-17-3/h4,6-7,10,15H,5,8-9,14H2,1-3H3. The second-order valence-corrected chi connectivity index (χ2v) is 5.14. The van der Waals surface area contributed by atoms with Crippen molar-refractivity contribution in [2.45, 2.75) is 26.4 Å². The second kappa shape index (κ2) is 7.33. The lowest BCUT2D eigenvalue weighted by atomic mass is 10.2. The number of ether oxygens (including phenoxy) is 1. The highest BCUT2D eigenvalue weighted by Gasteiger charge is 2.06. The number of para-hydroxylation sites is 1. The van der Waals surface area contributed by atoms with Gasteiger partial charge in [0.2, 0.25) is 0 Å². The van der Waals surface area contributed by atoms with Crippen molar-refractivity contribution in [1.82, 2.24) is 0 Å². The third-order valence-corrected chi connectivity index (χ3v) is 2.97. The summed E-state index contributed by atoms with van der Waals surface area (Å²) in [5, 5.41) is 3.34. The van der Waals surface area contributed by atoms with Crippen LogP contribution in [0.2, 0.25) is 0 Å². The van der Waals surface area contributed by atoms with Crippen LogP contribution in [-0.2, 0) is 0 Å². The highest BCUT2D eigenvalue weighted by Crippen LogP contribution is 2.29. The summed E-state index contributed by atoms with van der Waals surface area (Å²) in [5.41, 5.74) is 7.72. The van der Waals surface area contributed by atoms with Crippen LogP contribution >= 0.6 is 11.8 Å². The summed E-state index contributed by atoms with van der Waals surface area (Å²) in [7, 11) is 0. The van der Waals surface area contributed by atoms with Gasteiger partial charge >= 0.3 is 0 Å². The molecule has 0 heterocycles. The minimum Gasteiger partial charge on any atom is -0.489 e. The van der Waals surface area contributed by atoms with Crippen LogP contribution in [0, 0.1) is 0 Å². The highest BCUT2D eigenvalue weighted by molar-refractivity contribution is 7.98. The van der Waals surface area contributed by atoms with Crippen molar-refractivity contribution < 1.29 is 4.74 Å². The number of anilines is 2. The molecule has 4 heteroatoms. The Morgan fingerprint density at radius 3 is 2.82 bits per heavy atom. The second-order valence-electron chi connectivity index (χ2n) is 4.16. The number of hydrogen-bond donors (Lipinski definition) is 2. The Morgan fingerprint density at radius 2 is 2.18 bits per heavy atom. The van der Waals surface area contributed by atoms with E-state index in [4.69, 9.17) is 10.5 Å². The van der Waals surface area contributed by atoms with Crippen LogP contribution < -0.4 is 15.8 Å². The van der Waals surface area contributed by atoms with Crippen LogP contribution in [0.1, 0.15) is 20.3 Å². The lowest BCUT2D eigenvalue weighted by molar-refractivity contribution is 0.244. The zero-order valence-corrected chi connectivity index (χ0v) is 11.6. The van der Waals surface area contributed by atoms with E-state index in [1.807, 2.05) is 43.8 Å². The number of thioether (sulfide) groups is 1. The van der Waals surface area contributed by atoms with E-state index in [1.165, 1.54) is 0 Å². The van der Waals surface area contributed by atoms with Crippen LogP contribution in [0.15, 0.2) is 18.2 Å². The number of hydrogen-bond acceptors (Lipinski definition) is 4. The van der Waals surface area contributed by atoms with Crippen molar-refractivity contribution in [3.63, 3.8) is 0 Å². The third kappa shape index (κ3) is 4.77. The first kappa shape index (κ1) is 14.0. The first-order valence-electron chi connectivity index (χ1n) is 5.93. The van der Waals surface area contributed by atoms with Crippen molar-refractivity contribution in [2.75, 3.05) is 29.6 Å². The molecule has 0 aliphatic rings. The van der Waals surface area contributed by atoms with Crippen LogP contribution in [0.5, 0.6) is 5.75 Å². The minimum atomic E-state index is 0.143. The van der Waals surface area contributed by atoms with Gasteiger partial charge in [0.25, 0.3) is 0 Å². The van der Waals surface area contributed by atoms with Gasteiger partial charge < -0.3 is 15.8 Å². The van der Waals surface area contributed by atoms with Gasteiger partial charge in [-0.2, -0.15) is 11.8 Å². The van der Waals surface area contributed by atoms with Gasteiger partial charge in [-0.1, -0.05) is 6.07 Å². The Labute approximate surface area is 108 Å². The molecule has 0 atom stereocenters. The van der Waals surface area contributed by atoms with Crippen molar-refractivity contribution in [3.8, 4) is 5.75 Å². The summed E-state index contributed by atoms with van der Waals surface area (Å²) in [4.78, 5) is 0. The summed E-state index contributed by atoms with van der Waals surface area (Å²) in [6.07, 6.45) is 3.39. The molecular weight excluding hydrogens is 232 g/mol. The maximum atomic E-state index is 6.05. The predicted molar refractivity (Wildman–Crippen MR) is 78.1 cm³/mol. The molecule has 1 rings (SSSR count). The maximum absolute atomic E-state index is 6.05. The molecule has 0 aromatic heterocycles. The average Bonchev–Trinajstić information content (AvgIpc) is 2.28. The van der Waals surface area contributed by atoms with E-state index in [9.17, 15) is 0 Å². The minimum absolute atomic E-state index is 0.143. The predicted octanol–water partition coefficient (Wildman–Crippen LogP) is 3.22. The lowest BCUT2D eigenvalue weighted by Gasteiger charge is -2.15. The van der Waals surface area contributed by atoms with E-state index in [0.717, 1.165) is 30.2 Å². The molecule has 3 nitrogen and oxygen atoms in total. The lowest BCUT2D eigenvalue weighted by Crippen LogP contribution is -2.10. The first-order valence-corrected chi connectivity index (χ1v) is 7.32. The Balaban J connectivity index is 2.59. The molecule has 3 N–H and O–H groups in total. The fourth-order valence-electron chi connectivity index (χ4n) is 1.49. The summed E-state index contributed by atoms with van der Waals surface area (Å²) in [5.74, 6) is 1.92. The van der Waals surface area contributed by atoms with E-state index in [0.29, 0.717) is 5.69 Å². The van der Waals surface area contributed by atoms with Crippen LogP contribution in [-0.4, -0.2) is 24.7 Å². The van der Waals surface area contributed by atoms with Gasteiger partial charge in [-0.05, 0) is 44.4 Å². The largest absolute Gasteiger partial charge is 0.489 e. The van der Waals surface area contributed by atoms with Crippen LogP contribution in [0.3, 0.4) is 0 Å². The molecule has 0 radical (unpaired) electrons. The summed E-state index contributed by atoms with van der Waals surface area (Å²) >= 11 is 1.86. The molecule has 0 aliphatic carbocycles. The summed E-state index contributed by atoms with van der Waals surface area (Å²) < 4.78 is 5.64. The van der Waals surface area contributed by atoms with Gasteiger partial charge in [0.1, 0.15) is 5.75 Å². The third-order valence-electron chi connectivity index (χ3n) is 2.27. The van der Waals surface area contributed by atoms with Gasteiger partial charge in [0.05, 0.1) is 17.5 Å². The molecule has 0 aliphatic heterocycles. The Bertz CT molecular complexity index is 342. The molecule has 0 unspecified atom stereocenters. The van der Waals surface area contributed by atoms with E-state index < -0.39 is 0 Å². The molecule has 0 bridgehead atoms. The molecule has 1 aromatic carbocycles. The number of nitrogen functional groups attached to an aromatic ring is 1. The highest BCUT2D eigenvalue weighted by atomic mass is 32.2. The van der Waals surface area contributed by atoms with Crippen LogP contribution in [0.4, 0.5) is 11.4 Å². The molecule has 0 saturated carbocycles. The Kier molecular flexibility index (Phi) is 6.05. The molecule has 0 spiro atoms. The zero-order chi connectivity index (χ0) is 12.7. The van der Waals surface area contributed by atoms with Crippen molar-refractivity contribution in [2.24, 2.45) is 0 Å². The van der Waals surface area contributed by atoms with E-state index in [1.54, 1.807) is 0 Å². The number of nitrogens with two attached hydrogens (primary N) is 1. The van der Waals surface area contributed by atoms with Crippen molar-refractivity contribution in [1.29, 1.82) is 0 Å². The first-order chi connectivity index (χ1) is 8.15. The van der Waals surface area contributed by atoms with Crippen molar-refractivity contribution >= 4 is 23.1 Å². The van der Waals surface area contributed by atoms with E-state index >= 15 is 0 Å². The fourth-order valence-corrected chi connectivity index (χ4v) is 1.93. The van der Waals surface area contributed by atoms with Crippen LogP contribution in [0.25, 0.3) is 0 Å². The zero-order valence-electron chi connectivity index (χ0n) is 10.8. The average molecular weight is 254 g/mol. The molecule has 17 heavy (non-hydrogen) atoms. The molecular formula is C13H22N2OS. The number of nitrogens with one attached hydrogen (secondary N) is 1. The van der Waals surface area contributed by atoms with Crippen molar-refractivity contribution in [3.05, 3.63) is 18.2 Å². The van der Waals surface area contributed by atoms with Gasteiger partial charge in [0, 0.05) is 6.54 Å². The topological polar surface area (TPSA) is 47.3 Å². The summed E-state index contributed by atoms with van der Waals surface area (Å²) in [6.45, 7) is 4.94. The molecule has 0 amide bonds. The normalized spacial score (nSPS) is 10.6. The van der Waals surface area contributed by atoms with Gasteiger partial charge in [-0.3, -0.25) is 0 Å². The van der Waals surface area contributed by atoms with E-state index in [2.05, 4.69) is 11.6 Å². The SMILES string of the molecule is CSCCCNc1cccc(OC(C)C)c1N. The summed E-state index contributed by atoms with van der Waals surface area (Å²) in [6, 6.07) is 5.86. The Morgan fingerprint density at radius 1 is 1.41 bits per heavy atom. The van der Waals surface area contributed by atoms with Gasteiger partial charge in [-0.25, -0.2) is 0 Å². The van der Waals surface area contributed by atoms with Gasteiger partial charge in [0.15, 0.2) is 0 Å². The molecule has 0 fully saturated rings. The number of benzene rings is 1. The van der Waals surface area contributed by atoms with Gasteiger partial charge in [-0.15, -0.1) is 0 Å². The fraction of sp³-hybridized carbons (Fsp3) is 0.538. The molecule has 96 valence electrons. The molecule has 0 saturated heterocycles. The smallest absolute Gasteiger partial charge is 0.144 e. The quantitative estimate of drug-likeness (QED) is 0.579. The monoisotopic (exact) mass is 254 g/mol. The van der Waals surface area contributed by atoms with E-state index in [-0.39, 0.29) is 6.10 Å². The Hall–Kier alpha value is -1.03. The maximum Gasteiger partial charge on any atom is 0.144 e.